The number of nitrogens with zero attached hydrogens (tertiary/aromatic N) is 4. The summed E-state index contributed by atoms with van der Waals surface area (Å²) in [5.74, 6) is -0.495. The van der Waals surface area contributed by atoms with Crippen molar-refractivity contribution in [3.8, 4) is 10.9 Å². The topological polar surface area (TPSA) is 126 Å². The molecule has 164 valence electrons. The molecule has 9 nitrogen and oxygen atoms in total. The zero-order valence-electron chi connectivity index (χ0n) is 16.0. The third kappa shape index (κ3) is 3.73. The van der Waals surface area contributed by atoms with Crippen LogP contribution >= 0.6 is 11.3 Å². The molecule has 0 amide bonds. The van der Waals surface area contributed by atoms with Gasteiger partial charge in [0.1, 0.15) is 11.4 Å². The van der Waals surface area contributed by atoms with Crippen LogP contribution in [-0.4, -0.2) is 30.5 Å². The number of non-ortho nitro benzene ring substituents is 1. The molecule has 2 aromatic heterocycles. The van der Waals surface area contributed by atoms with Crippen LogP contribution < -0.4 is 5.56 Å². The standard InChI is InChI=1S/C19H12F3N5O4S/c1-9(23-12-8-10(27(30)31)6-7-13(12)28)15-16(19(20,21)22)25-26(17(15)29)18-24-11-4-2-3-5-14(11)32-18/h2-8,25,28H,1H3. The molecule has 2 aromatic carbocycles. The lowest BCUT2D eigenvalue weighted by molar-refractivity contribution is -0.384. The quantitative estimate of drug-likeness (QED) is 0.261. The fourth-order valence-electron chi connectivity index (χ4n) is 3.02. The van der Waals surface area contributed by atoms with E-state index in [1.807, 2.05) is 0 Å². The number of alkyl halides is 3. The van der Waals surface area contributed by atoms with Crippen LogP contribution in [0.3, 0.4) is 0 Å². The molecular formula is C19H12F3N5O4S. The van der Waals surface area contributed by atoms with Crippen molar-refractivity contribution in [2.45, 2.75) is 13.1 Å². The maximum atomic E-state index is 13.7. The third-order valence-electron chi connectivity index (χ3n) is 4.47. The second-order valence-electron chi connectivity index (χ2n) is 6.59. The van der Waals surface area contributed by atoms with E-state index in [0.29, 0.717) is 14.9 Å². The van der Waals surface area contributed by atoms with E-state index in [4.69, 9.17) is 0 Å². The predicted molar refractivity (Wildman–Crippen MR) is 111 cm³/mol. The van der Waals surface area contributed by atoms with Crippen molar-refractivity contribution in [3.05, 3.63) is 74.2 Å². The molecule has 0 aliphatic carbocycles. The van der Waals surface area contributed by atoms with Crippen molar-refractivity contribution in [2.75, 3.05) is 0 Å². The molecule has 2 N–H and O–H groups in total. The van der Waals surface area contributed by atoms with E-state index in [9.17, 15) is 33.2 Å². The molecule has 0 saturated heterocycles. The molecular weight excluding hydrogens is 451 g/mol. The van der Waals surface area contributed by atoms with Crippen LogP contribution in [0.15, 0.2) is 52.3 Å². The summed E-state index contributed by atoms with van der Waals surface area (Å²) in [5, 5.41) is 22.9. The molecule has 0 fully saturated rings. The number of hydrogen-bond donors (Lipinski definition) is 2. The number of hydrogen-bond acceptors (Lipinski definition) is 7. The summed E-state index contributed by atoms with van der Waals surface area (Å²) in [4.78, 5) is 31.2. The maximum Gasteiger partial charge on any atom is 0.433 e. The van der Waals surface area contributed by atoms with E-state index in [1.54, 1.807) is 24.3 Å². The Morgan fingerprint density at radius 1 is 1.28 bits per heavy atom. The van der Waals surface area contributed by atoms with Gasteiger partial charge in [0, 0.05) is 12.1 Å². The Kier molecular flexibility index (Phi) is 5.05. The number of nitro groups is 1. The van der Waals surface area contributed by atoms with Crippen LogP contribution in [0.1, 0.15) is 18.2 Å². The zero-order valence-corrected chi connectivity index (χ0v) is 16.9. The molecule has 0 unspecified atom stereocenters. The van der Waals surface area contributed by atoms with Crippen LogP contribution in [0.5, 0.6) is 5.75 Å². The number of nitrogens with one attached hydrogen (secondary N) is 1. The average molecular weight is 463 g/mol. The van der Waals surface area contributed by atoms with Crippen LogP contribution in [0.4, 0.5) is 24.5 Å². The normalized spacial score (nSPS) is 12.4. The second kappa shape index (κ2) is 7.60. The first-order valence-corrected chi connectivity index (χ1v) is 9.69. The van der Waals surface area contributed by atoms with Crippen molar-refractivity contribution in [1.29, 1.82) is 0 Å². The largest absolute Gasteiger partial charge is 0.506 e. The number of para-hydroxylation sites is 1. The smallest absolute Gasteiger partial charge is 0.433 e. The monoisotopic (exact) mass is 463 g/mol. The number of H-pyrrole nitrogens is 1. The summed E-state index contributed by atoms with van der Waals surface area (Å²) in [6.07, 6.45) is -4.93. The van der Waals surface area contributed by atoms with Gasteiger partial charge in [-0.05, 0) is 25.1 Å². The van der Waals surface area contributed by atoms with Gasteiger partial charge in [0.2, 0.25) is 5.13 Å². The van der Waals surface area contributed by atoms with Crippen molar-refractivity contribution in [3.63, 3.8) is 0 Å². The summed E-state index contributed by atoms with van der Waals surface area (Å²) in [6, 6.07) is 9.72. The number of rotatable bonds is 4. The van der Waals surface area contributed by atoms with E-state index in [1.165, 1.54) is 0 Å². The Bertz CT molecular complexity index is 1420. The Labute approximate surface area is 180 Å². The molecule has 0 bridgehead atoms. The van der Waals surface area contributed by atoms with Gasteiger partial charge in [-0.1, -0.05) is 23.5 Å². The Morgan fingerprint density at radius 3 is 2.66 bits per heavy atom. The van der Waals surface area contributed by atoms with Gasteiger partial charge in [0.25, 0.3) is 11.2 Å². The summed E-state index contributed by atoms with van der Waals surface area (Å²) in [6.45, 7) is 1.14. The fraction of sp³-hybridized carbons (Fsp3) is 0.105. The highest BCUT2D eigenvalue weighted by Gasteiger charge is 2.39. The van der Waals surface area contributed by atoms with E-state index < -0.39 is 45.1 Å². The Balaban J connectivity index is 1.90. The number of fused-ring (bicyclic) bond motifs is 1. The first kappa shape index (κ1) is 21.2. The predicted octanol–water partition coefficient (Wildman–Crippen LogP) is 4.55. The van der Waals surface area contributed by atoms with Gasteiger partial charge in [-0.25, -0.2) is 9.98 Å². The molecule has 0 saturated carbocycles. The summed E-state index contributed by atoms with van der Waals surface area (Å²) >= 11 is 1.02. The molecule has 0 spiro atoms. The number of phenolic OH excluding ortho intramolecular Hbond substituents is 1. The van der Waals surface area contributed by atoms with Gasteiger partial charge < -0.3 is 5.11 Å². The van der Waals surface area contributed by atoms with Crippen LogP contribution in [0.2, 0.25) is 0 Å². The van der Waals surface area contributed by atoms with Crippen molar-refractivity contribution in [1.82, 2.24) is 14.8 Å². The highest BCUT2D eigenvalue weighted by atomic mass is 32.1. The van der Waals surface area contributed by atoms with Crippen LogP contribution in [0.25, 0.3) is 15.3 Å². The molecule has 0 radical (unpaired) electrons. The zero-order chi connectivity index (χ0) is 23.2. The first-order valence-electron chi connectivity index (χ1n) is 8.87. The number of aliphatic imine (C=N–C) groups is 1. The van der Waals surface area contributed by atoms with Gasteiger partial charge in [0.15, 0.2) is 5.69 Å². The van der Waals surface area contributed by atoms with Gasteiger partial charge in [0.05, 0.1) is 26.4 Å². The Morgan fingerprint density at radius 2 is 2.00 bits per heavy atom. The molecule has 4 rings (SSSR count). The van der Waals surface area contributed by atoms with E-state index in [2.05, 4.69) is 15.1 Å². The Hall–Kier alpha value is -4.00. The number of aromatic amines is 1. The third-order valence-corrected chi connectivity index (χ3v) is 5.49. The van der Waals surface area contributed by atoms with E-state index in [0.717, 1.165) is 36.5 Å². The van der Waals surface area contributed by atoms with Crippen LogP contribution in [-0.2, 0) is 6.18 Å². The van der Waals surface area contributed by atoms with Gasteiger partial charge in [-0.15, -0.1) is 0 Å². The minimum absolute atomic E-state index is 0.000976. The lowest BCUT2D eigenvalue weighted by Gasteiger charge is -2.06. The molecule has 4 aromatic rings. The number of phenols is 1. The van der Waals surface area contributed by atoms with Gasteiger partial charge in [-0.2, -0.15) is 17.9 Å². The summed E-state index contributed by atoms with van der Waals surface area (Å²) in [5.41, 5.74) is -3.85. The summed E-state index contributed by atoms with van der Waals surface area (Å²) < 4.78 is 42.5. The second-order valence-corrected chi connectivity index (χ2v) is 7.60. The molecule has 0 atom stereocenters. The molecule has 0 aliphatic heterocycles. The summed E-state index contributed by atoms with van der Waals surface area (Å²) in [7, 11) is 0. The molecule has 32 heavy (non-hydrogen) atoms. The fourth-order valence-corrected chi connectivity index (χ4v) is 3.95. The SMILES string of the molecule is CC(=Nc1cc([N+](=O)[O-])ccc1O)c1c(C(F)(F)F)[nH]n(-c2nc3ccccc3s2)c1=O. The maximum absolute atomic E-state index is 13.7. The van der Waals surface area contributed by atoms with Gasteiger partial charge >= 0.3 is 6.18 Å². The number of aromatic nitrogens is 3. The lowest BCUT2D eigenvalue weighted by Crippen LogP contribution is -2.20. The number of thiazole rings is 1. The van der Waals surface area contributed by atoms with E-state index in [-0.39, 0.29) is 10.8 Å². The average Bonchev–Trinajstić information content (AvgIpc) is 3.30. The van der Waals surface area contributed by atoms with Crippen LogP contribution in [0, 0.1) is 10.1 Å². The minimum Gasteiger partial charge on any atom is -0.506 e. The minimum atomic E-state index is -4.93. The highest BCUT2D eigenvalue weighted by Crippen LogP contribution is 2.34. The highest BCUT2D eigenvalue weighted by molar-refractivity contribution is 7.20. The van der Waals surface area contributed by atoms with Crippen molar-refractivity contribution >= 4 is 38.6 Å². The number of halogens is 3. The molecule has 2 heterocycles. The molecule has 13 heteroatoms. The van der Waals surface area contributed by atoms with E-state index >= 15 is 0 Å². The first-order chi connectivity index (χ1) is 15.1. The lowest BCUT2D eigenvalue weighted by atomic mass is 10.1. The van der Waals surface area contributed by atoms with Crippen molar-refractivity contribution in [2.24, 2.45) is 4.99 Å². The molecule has 0 aliphatic rings. The number of aromatic hydroxyl groups is 1. The number of benzene rings is 2. The number of nitro benzene ring substituents is 1. The van der Waals surface area contributed by atoms with Gasteiger partial charge in [-0.3, -0.25) is 20.0 Å². The van der Waals surface area contributed by atoms with Crippen molar-refractivity contribution < 1.29 is 23.2 Å².